The summed E-state index contributed by atoms with van der Waals surface area (Å²) in [6.07, 6.45) is 27.2. The highest BCUT2D eigenvalue weighted by Crippen LogP contribution is 2.70. The summed E-state index contributed by atoms with van der Waals surface area (Å²) < 4.78 is 12.6. The van der Waals surface area contributed by atoms with Gasteiger partial charge in [-0.05, 0) is 69.9 Å². The number of hydrogen-bond acceptors (Lipinski definition) is 7. The van der Waals surface area contributed by atoms with Gasteiger partial charge in [0.2, 0.25) is 0 Å². The molecule has 5 aliphatic rings. The number of ether oxygens (including phenoxy) is 2. The molecule has 8 atom stereocenters. The van der Waals surface area contributed by atoms with Crippen molar-refractivity contribution in [2.75, 3.05) is 6.61 Å². The van der Waals surface area contributed by atoms with Crippen LogP contribution in [0.25, 0.3) is 0 Å². The molecule has 0 bridgehead atoms. The van der Waals surface area contributed by atoms with Crippen LogP contribution in [0.4, 0.5) is 0 Å². The number of rotatable bonds is 18. The van der Waals surface area contributed by atoms with Crippen LogP contribution in [0.3, 0.4) is 0 Å². The number of carboxylic acids is 1. The summed E-state index contributed by atoms with van der Waals surface area (Å²) >= 11 is 0. The van der Waals surface area contributed by atoms with Gasteiger partial charge in [-0.1, -0.05) is 122 Å². The van der Waals surface area contributed by atoms with Crippen molar-refractivity contribution in [1.29, 1.82) is 0 Å². The smallest absolute Gasteiger partial charge is 0.303 e. The van der Waals surface area contributed by atoms with Crippen molar-refractivity contribution in [2.45, 2.75) is 187 Å². The molecule has 3 N–H and O–H groups in total. The maximum absolute atomic E-state index is 13.2. The molecule has 0 unspecified atom stereocenters. The highest BCUT2D eigenvalue weighted by molar-refractivity contribution is 6.01. The zero-order valence-electron chi connectivity index (χ0n) is 31.9. The molecule has 0 amide bonds. The zero-order valence-corrected chi connectivity index (χ0v) is 31.9. The number of aliphatic carboxylic acids is 1. The average molecular weight is 701 g/mol. The lowest BCUT2D eigenvalue weighted by Gasteiger charge is -2.59. The summed E-state index contributed by atoms with van der Waals surface area (Å²) in [5.41, 5.74) is -1.12. The third-order valence-electron chi connectivity index (χ3n) is 13.0. The van der Waals surface area contributed by atoms with Crippen LogP contribution in [0, 0.1) is 28.6 Å². The fourth-order valence-corrected chi connectivity index (χ4v) is 10.7. The van der Waals surface area contributed by atoms with E-state index in [1.807, 2.05) is 13.0 Å². The summed E-state index contributed by atoms with van der Waals surface area (Å²) in [6, 6.07) is 0. The monoisotopic (exact) mass is 700 g/mol. The van der Waals surface area contributed by atoms with Crippen molar-refractivity contribution in [1.82, 2.24) is 0 Å². The van der Waals surface area contributed by atoms with Gasteiger partial charge in [-0.2, -0.15) is 0 Å². The Morgan fingerprint density at radius 3 is 1.98 bits per heavy atom. The highest BCUT2D eigenvalue weighted by atomic mass is 16.8. The molecule has 0 aromatic carbocycles. The summed E-state index contributed by atoms with van der Waals surface area (Å²) in [6.45, 7) is 9.46. The Hall–Kier alpha value is -1.87. The molecule has 4 aliphatic carbocycles. The summed E-state index contributed by atoms with van der Waals surface area (Å²) in [7, 11) is 0. The maximum atomic E-state index is 13.2. The Labute approximate surface area is 301 Å². The molecule has 8 nitrogen and oxygen atoms in total. The van der Waals surface area contributed by atoms with E-state index in [2.05, 4.69) is 13.8 Å². The number of aliphatic hydroxyl groups excluding tert-OH is 2. The van der Waals surface area contributed by atoms with Crippen LogP contribution in [0.5, 0.6) is 0 Å². The van der Waals surface area contributed by atoms with E-state index >= 15 is 0 Å². The maximum Gasteiger partial charge on any atom is 0.303 e. The molecule has 1 heterocycles. The lowest BCUT2D eigenvalue weighted by molar-refractivity contribution is -0.225. The number of unbranched alkanes of at least 4 members (excludes halogenated alkanes) is 14. The molecule has 3 saturated carbocycles. The normalized spacial score (nSPS) is 34.9. The minimum Gasteiger partial charge on any atom is -0.481 e. The van der Waals surface area contributed by atoms with Crippen molar-refractivity contribution >= 4 is 17.5 Å². The second kappa shape index (κ2) is 17.8. The first kappa shape index (κ1) is 40.9. The van der Waals surface area contributed by atoms with Crippen molar-refractivity contribution in [3.8, 4) is 0 Å². The Balaban J connectivity index is 0.000000247. The largest absolute Gasteiger partial charge is 0.481 e. The summed E-state index contributed by atoms with van der Waals surface area (Å²) in [4.78, 5) is 35.5. The van der Waals surface area contributed by atoms with E-state index in [0.717, 1.165) is 31.3 Å². The Morgan fingerprint density at radius 2 is 1.44 bits per heavy atom. The number of carboxylic acid groups (broad SMARTS) is 1. The SMILES string of the molecule is CC1(C)O[C@@H]2C[C@H]3[C@@H]4CCC5=CC(=O)C=C[C@]5(C)[C@H]4[C@@H](O)C[C@]3(C)[C@]2(C(=O)CO)O1.CCCCCCCCCCCCCCCCCC(=O)O. The first-order chi connectivity index (χ1) is 23.8. The third-order valence-corrected chi connectivity index (χ3v) is 13.0. The number of aliphatic hydroxyl groups is 2. The lowest BCUT2D eigenvalue weighted by atomic mass is 9.46. The molecule has 8 heteroatoms. The lowest BCUT2D eigenvalue weighted by Crippen LogP contribution is -2.63. The van der Waals surface area contributed by atoms with Gasteiger partial charge in [0.05, 0.1) is 12.2 Å². The van der Waals surface area contributed by atoms with E-state index in [4.69, 9.17) is 14.6 Å². The van der Waals surface area contributed by atoms with Crippen LogP contribution in [0.15, 0.2) is 23.8 Å². The number of Topliss-reactive ketones (excluding diaryl/α,β-unsaturated/α-hetero) is 1. The van der Waals surface area contributed by atoms with Crippen molar-refractivity contribution in [3.63, 3.8) is 0 Å². The molecule has 5 rings (SSSR count). The van der Waals surface area contributed by atoms with Crippen LogP contribution < -0.4 is 0 Å². The first-order valence-electron chi connectivity index (χ1n) is 20.1. The number of allylic oxidation sites excluding steroid dienone is 4. The topological polar surface area (TPSA) is 130 Å². The molecule has 4 fully saturated rings. The number of carbonyl (C=O) groups excluding carboxylic acids is 2. The van der Waals surface area contributed by atoms with Crippen LogP contribution >= 0.6 is 0 Å². The van der Waals surface area contributed by atoms with E-state index in [-0.39, 0.29) is 34.7 Å². The molecule has 0 spiro atoms. The van der Waals surface area contributed by atoms with Gasteiger partial charge in [-0.15, -0.1) is 0 Å². The third kappa shape index (κ3) is 8.83. The van der Waals surface area contributed by atoms with Crippen molar-refractivity contribution in [2.24, 2.45) is 28.6 Å². The van der Waals surface area contributed by atoms with Gasteiger partial charge in [-0.3, -0.25) is 14.4 Å². The Kier molecular flexibility index (Phi) is 14.5. The van der Waals surface area contributed by atoms with Crippen molar-refractivity contribution < 1.29 is 39.2 Å². The van der Waals surface area contributed by atoms with E-state index in [1.165, 1.54) is 83.5 Å². The molecule has 50 heavy (non-hydrogen) atoms. The predicted octanol–water partition coefficient (Wildman–Crippen LogP) is 8.66. The molecule has 284 valence electrons. The fourth-order valence-electron chi connectivity index (χ4n) is 10.7. The number of hydrogen-bond donors (Lipinski definition) is 3. The number of carbonyl (C=O) groups is 3. The van der Waals surface area contributed by atoms with Gasteiger partial charge in [0.1, 0.15) is 6.61 Å². The minimum absolute atomic E-state index is 0.0167. The molecule has 0 aromatic rings. The van der Waals surface area contributed by atoms with Gasteiger partial charge in [0.25, 0.3) is 0 Å². The van der Waals surface area contributed by atoms with Gasteiger partial charge < -0.3 is 24.8 Å². The second-order valence-corrected chi connectivity index (χ2v) is 17.0. The average Bonchev–Trinajstić information content (AvgIpc) is 3.47. The number of ketones is 2. The predicted molar refractivity (Wildman–Crippen MR) is 195 cm³/mol. The van der Waals surface area contributed by atoms with Crippen LogP contribution in [-0.4, -0.2) is 63.1 Å². The molecular formula is C42H68O8. The Bertz CT molecular complexity index is 1220. The zero-order chi connectivity index (χ0) is 36.6. The summed E-state index contributed by atoms with van der Waals surface area (Å²) in [5, 5.41) is 29.8. The van der Waals surface area contributed by atoms with Crippen molar-refractivity contribution in [3.05, 3.63) is 23.8 Å². The molecular weight excluding hydrogens is 632 g/mol. The fraction of sp³-hybridized carbons (Fsp3) is 0.833. The molecule has 0 radical (unpaired) electrons. The quantitative estimate of drug-likeness (QED) is 0.121. The van der Waals surface area contributed by atoms with E-state index < -0.39 is 41.6 Å². The van der Waals surface area contributed by atoms with Crippen LogP contribution in [0.2, 0.25) is 0 Å². The first-order valence-corrected chi connectivity index (χ1v) is 20.1. The van der Waals surface area contributed by atoms with E-state index in [0.29, 0.717) is 19.3 Å². The standard InChI is InChI=1S/C24H32O6.C18H36O2/c1-21(2)29-19-10-16-15-6-5-13-9-14(26)7-8-22(13,3)20(15)17(27)11-23(16,4)24(19,30-21)18(28)12-25;1-2-3-4-5-6-7-8-9-10-11-12-13-14-15-16-17-18(19)20/h7-9,15-17,19-20,25,27H,5-6,10-12H2,1-4H3;2-17H2,1H3,(H,19,20)/t15-,16-,17-,19+,20+,22-,23-,24+;/m0./s1. The number of fused-ring (bicyclic) bond motifs is 7. The Morgan fingerprint density at radius 1 is 0.880 bits per heavy atom. The molecule has 1 aliphatic heterocycles. The molecule has 0 aromatic heterocycles. The molecule has 1 saturated heterocycles. The second-order valence-electron chi connectivity index (χ2n) is 17.0. The van der Waals surface area contributed by atoms with E-state index in [9.17, 15) is 24.6 Å². The van der Waals surface area contributed by atoms with E-state index in [1.54, 1.807) is 26.0 Å². The van der Waals surface area contributed by atoms with Crippen LogP contribution in [0.1, 0.15) is 163 Å². The van der Waals surface area contributed by atoms with Gasteiger partial charge in [0.15, 0.2) is 23.0 Å². The highest BCUT2D eigenvalue weighted by Gasteiger charge is 2.76. The van der Waals surface area contributed by atoms with Gasteiger partial charge in [-0.25, -0.2) is 0 Å². The summed E-state index contributed by atoms with van der Waals surface area (Å²) in [5.74, 6) is -1.60. The van der Waals surface area contributed by atoms with Crippen LogP contribution in [-0.2, 0) is 23.9 Å². The van der Waals surface area contributed by atoms with Gasteiger partial charge in [0, 0.05) is 23.2 Å². The van der Waals surface area contributed by atoms with Gasteiger partial charge >= 0.3 is 5.97 Å². The minimum atomic E-state index is -1.24.